The first-order valence-corrected chi connectivity index (χ1v) is 12.2. The summed E-state index contributed by atoms with van der Waals surface area (Å²) in [5.41, 5.74) is 3.64. The van der Waals surface area contributed by atoms with E-state index in [9.17, 15) is 8.78 Å². The molecule has 0 fully saturated rings. The third-order valence-electron chi connectivity index (χ3n) is 4.89. The van der Waals surface area contributed by atoms with Crippen LogP contribution in [-0.2, 0) is 12.2 Å². The van der Waals surface area contributed by atoms with Gasteiger partial charge in [0.2, 0.25) is 0 Å². The zero-order valence-corrected chi connectivity index (χ0v) is 18.6. The predicted octanol–water partition coefficient (Wildman–Crippen LogP) is 7.03. The van der Waals surface area contributed by atoms with E-state index in [0.717, 1.165) is 58.7 Å². The smallest absolute Gasteiger partial charge is 0.166 e. The molecule has 0 aliphatic rings. The molecule has 0 aliphatic carbocycles. The number of aromatic nitrogens is 3. The number of nitrogens with zero attached hydrogens (tertiary/aromatic N) is 2. The van der Waals surface area contributed by atoms with Crippen molar-refractivity contribution >= 4 is 34.6 Å². The van der Waals surface area contributed by atoms with Gasteiger partial charge >= 0.3 is 0 Å². The number of aryl methyl sites for hydroxylation is 1. The lowest BCUT2D eigenvalue weighted by Crippen LogP contribution is -1.93. The van der Waals surface area contributed by atoms with Gasteiger partial charge in [-0.05, 0) is 60.9 Å². The number of thioether (sulfide) groups is 2. The van der Waals surface area contributed by atoms with Gasteiger partial charge in [-0.15, -0.1) is 11.8 Å². The number of nitrogens with one attached hydrogen (secondary N) is 1. The third kappa shape index (κ3) is 6.31. The van der Waals surface area contributed by atoms with Crippen molar-refractivity contribution in [1.82, 2.24) is 15.0 Å². The van der Waals surface area contributed by atoms with Crippen LogP contribution < -0.4 is 0 Å². The van der Waals surface area contributed by atoms with Crippen LogP contribution in [0.3, 0.4) is 0 Å². The summed E-state index contributed by atoms with van der Waals surface area (Å²) in [4.78, 5) is 13.6. The lowest BCUT2D eigenvalue weighted by molar-refractivity contribution is 0.566. The Kier molecular flexibility index (Phi) is 7.59. The highest BCUT2D eigenvalue weighted by Crippen LogP contribution is 2.25. The van der Waals surface area contributed by atoms with Crippen LogP contribution in [0.2, 0.25) is 0 Å². The molecule has 0 aliphatic heterocycles. The third-order valence-corrected chi connectivity index (χ3v) is 6.87. The number of rotatable bonds is 10. The van der Waals surface area contributed by atoms with Crippen LogP contribution in [-0.4, -0.2) is 20.7 Å². The summed E-state index contributed by atoms with van der Waals surface area (Å²) in [6.45, 7) is 0. The van der Waals surface area contributed by atoms with Crippen LogP contribution >= 0.6 is 23.5 Å². The Morgan fingerprint density at radius 3 is 2.68 bits per heavy atom. The Bertz CT molecular complexity index is 1110. The molecule has 160 valence electrons. The maximum atomic E-state index is 13.7. The van der Waals surface area contributed by atoms with Crippen molar-refractivity contribution in [3.05, 3.63) is 83.7 Å². The fourth-order valence-electron chi connectivity index (χ4n) is 3.27. The topological polar surface area (TPSA) is 41.6 Å². The lowest BCUT2D eigenvalue weighted by atomic mass is 10.1. The average Bonchev–Trinajstić information content (AvgIpc) is 3.19. The average molecular weight is 456 g/mol. The molecule has 0 saturated carbocycles. The second-order valence-electron chi connectivity index (χ2n) is 7.23. The molecule has 2 aromatic carbocycles. The van der Waals surface area contributed by atoms with Crippen molar-refractivity contribution < 1.29 is 8.78 Å². The number of hydrogen-bond donors (Lipinski definition) is 1. The molecule has 0 saturated heterocycles. The molecule has 0 bridgehead atoms. The number of H-pyrrole nitrogens is 1. The van der Waals surface area contributed by atoms with Gasteiger partial charge < -0.3 is 4.98 Å². The molecule has 0 atom stereocenters. The molecule has 1 N–H and O–H groups in total. The van der Waals surface area contributed by atoms with Gasteiger partial charge in [-0.2, -0.15) is 0 Å². The standard InChI is InChI=1S/C24H23F2N3S2/c25-18-10-9-17(21(26)14-18)6-2-1-5-13-30-20-11-12-27-19(15-20)16-31-24-28-22-7-3-4-8-23(22)29-24/h3-4,7-12,14-15H,1-2,5-6,13,16H2,(H,28,29). The fourth-order valence-corrected chi connectivity index (χ4v) is 5.02. The number of unbranched alkanes of at least 4 members (excludes halogenated alkanes) is 2. The number of hydrogen-bond acceptors (Lipinski definition) is 4. The maximum absolute atomic E-state index is 13.7. The first-order chi connectivity index (χ1) is 15.2. The predicted molar refractivity (Wildman–Crippen MR) is 125 cm³/mol. The van der Waals surface area contributed by atoms with Crippen LogP contribution in [0.4, 0.5) is 8.78 Å². The van der Waals surface area contributed by atoms with Gasteiger partial charge in [0, 0.05) is 22.9 Å². The van der Waals surface area contributed by atoms with Gasteiger partial charge in [-0.3, -0.25) is 4.98 Å². The first-order valence-electron chi connectivity index (χ1n) is 10.3. The highest BCUT2D eigenvalue weighted by molar-refractivity contribution is 7.99. The SMILES string of the molecule is Fc1ccc(CCCCCSc2ccnc(CSc3nc4ccccc4[nH]3)c2)c(F)c1. The number of para-hydroxylation sites is 2. The van der Waals surface area contributed by atoms with Crippen LogP contribution in [0.15, 0.2) is 70.8 Å². The van der Waals surface area contributed by atoms with Crippen molar-refractivity contribution in [2.45, 2.75) is 41.5 Å². The maximum Gasteiger partial charge on any atom is 0.166 e. The van der Waals surface area contributed by atoms with E-state index in [2.05, 4.69) is 21.0 Å². The van der Waals surface area contributed by atoms with Crippen LogP contribution in [0, 0.1) is 11.6 Å². The van der Waals surface area contributed by atoms with E-state index in [1.165, 1.54) is 11.0 Å². The van der Waals surface area contributed by atoms with Crippen LogP contribution in [0.1, 0.15) is 30.5 Å². The van der Waals surface area contributed by atoms with E-state index in [4.69, 9.17) is 0 Å². The Morgan fingerprint density at radius 1 is 0.903 bits per heavy atom. The van der Waals surface area contributed by atoms with E-state index < -0.39 is 11.6 Å². The summed E-state index contributed by atoms with van der Waals surface area (Å²) in [5.74, 6) is 0.799. The molecule has 4 rings (SSSR count). The number of halogens is 2. The van der Waals surface area contributed by atoms with Crippen molar-refractivity contribution in [3.63, 3.8) is 0 Å². The largest absolute Gasteiger partial charge is 0.333 e. The number of aromatic amines is 1. The molecule has 31 heavy (non-hydrogen) atoms. The van der Waals surface area contributed by atoms with Gasteiger partial charge in [-0.1, -0.05) is 36.4 Å². The Labute approximate surface area is 189 Å². The molecule has 0 spiro atoms. The lowest BCUT2D eigenvalue weighted by Gasteiger charge is -2.05. The molecule has 4 aromatic rings. The van der Waals surface area contributed by atoms with E-state index in [1.807, 2.05) is 48.3 Å². The zero-order valence-electron chi connectivity index (χ0n) is 17.0. The van der Waals surface area contributed by atoms with E-state index in [-0.39, 0.29) is 0 Å². The minimum absolute atomic E-state index is 0.445. The normalized spacial score (nSPS) is 11.3. The van der Waals surface area contributed by atoms with Gasteiger partial charge in [-0.25, -0.2) is 13.8 Å². The summed E-state index contributed by atoms with van der Waals surface area (Å²) in [6, 6.07) is 16.0. The number of pyridine rings is 1. The Morgan fingerprint density at radius 2 is 1.81 bits per heavy atom. The monoisotopic (exact) mass is 455 g/mol. The highest BCUT2D eigenvalue weighted by atomic mass is 32.2. The molecule has 0 amide bonds. The molecule has 3 nitrogen and oxygen atoms in total. The summed E-state index contributed by atoms with van der Waals surface area (Å²) in [5, 5.41) is 0.902. The van der Waals surface area contributed by atoms with Gasteiger partial charge in [0.05, 0.1) is 16.7 Å². The van der Waals surface area contributed by atoms with Crippen LogP contribution in [0.25, 0.3) is 11.0 Å². The molecule has 2 heterocycles. The van der Waals surface area contributed by atoms with Crippen molar-refractivity contribution in [2.24, 2.45) is 0 Å². The summed E-state index contributed by atoms with van der Waals surface area (Å²) in [6.07, 6.45) is 5.48. The molecule has 0 radical (unpaired) electrons. The van der Waals surface area contributed by atoms with Crippen molar-refractivity contribution in [1.29, 1.82) is 0 Å². The van der Waals surface area contributed by atoms with Gasteiger partial charge in [0.1, 0.15) is 11.6 Å². The molecule has 7 heteroatoms. The van der Waals surface area contributed by atoms with Crippen LogP contribution in [0.5, 0.6) is 0 Å². The number of benzene rings is 2. The highest BCUT2D eigenvalue weighted by Gasteiger charge is 2.06. The van der Waals surface area contributed by atoms with Gasteiger partial charge in [0.25, 0.3) is 0 Å². The van der Waals surface area contributed by atoms with Crippen molar-refractivity contribution in [3.8, 4) is 0 Å². The number of imidazole rings is 1. The summed E-state index contributed by atoms with van der Waals surface area (Å²) < 4.78 is 26.6. The van der Waals surface area contributed by atoms with E-state index in [1.54, 1.807) is 17.8 Å². The number of fused-ring (bicyclic) bond motifs is 1. The quantitative estimate of drug-likeness (QED) is 0.206. The zero-order chi connectivity index (χ0) is 21.5. The second-order valence-corrected chi connectivity index (χ2v) is 9.36. The molecule has 0 unspecified atom stereocenters. The minimum atomic E-state index is -0.523. The Hall–Kier alpha value is -2.38. The van der Waals surface area contributed by atoms with Crippen molar-refractivity contribution in [2.75, 3.05) is 5.75 Å². The van der Waals surface area contributed by atoms with E-state index >= 15 is 0 Å². The van der Waals surface area contributed by atoms with Gasteiger partial charge in [0.15, 0.2) is 5.16 Å². The minimum Gasteiger partial charge on any atom is -0.333 e. The fraction of sp³-hybridized carbons (Fsp3) is 0.250. The Balaban J connectivity index is 1.19. The molecular weight excluding hydrogens is 432 g/mol. The summed E-state index contributed by atoms with van der Waals surface area (Å²) in [7, 11) is 0. The van der Waals surface area contributed by atoms with E-state index in [0.29, 0.717) is 12.0 Å². The first kappa shape index (κ1) is 21.8. The molecule has 2 aromatic heterocycles. The second kappa shape index (κ2) is 10.8. The molecular formula is C24H23F2N3S2. The summed E-state index contributed by atoms with van der Waals surface area (Å²) >= 11 is 3.47.